The van der Waals surface area contributed by atoms with Crippen LogP contribution in [0.1, 0.15) is 0 Å². The summed E-state index contributed by atoms with van der Waals surface area (Å²) in [5.41, 5.74) is 0.409. The molecule has 0 spiro atoms. The van der Waals surface area contributed by atoms with E-state index < -0.39 is 0 Å². The number of benzene rings is 1. The number of amides is 1. The van der Waals surface area contributed by atoms with E-state index in [0.29, 0.717) is 10.7 Å². The highest BCUT2D eigenvalue weighted by atomic mass is 79.9. The Hall–Kier alpha value is -1.59. The minimum absolute atomic E-state index is 0.0408. The van der Waals surface area contributed by atoms with E-state index in [4.69, 9.17) is 11.6 Å². The van der Waals surface area contributed by atoms with Gasteiger partial charge in [-0.15, -0.1) is 0 Å². The van der Waals surface area contributed by atoms with Gasteiger partial charge in [-0.2, -0.15) is 0 Å². The summed E-state index contributed by atoms with van der Waals surface area (Å²) in [6, 6.07) is 9.80. The summed E-state index contributed by atoms with van der Waals surface area (Å²) in [5, 5.41) is 3.29. The van der Waals surface area contributed by atoms with Gasteiger partial charge in [0, 0.05) is 27.4 Å². The fourth-order valence-corrected chi connectivity index (χ4v) is 2.02. The van der Waals surface area contributed by atoms with Gasteiger partial charge in [0.25, 0.3) is 5.56 Å². The van der Waals surface area contributed by atoms with Crippen molar-refractivity contribution in [1.82, 2.24) is 4.57 Å². The number of aromatic nitrogens is 1. The van der Waals surface area contributed by atoms with Crippen LogP contribution >= 0.6 is 27.5 Å². The first kappa shape index (κ1) is 13.8. The van der Waals surface area contributed by atoms with Crippen LogP contribution in [0.3, 0.4) is 0 Å². The maximum atomic E-state index is 11.8. The summed E-state index contributed by atoms with van der Waals surface area (Å²) >= 11 is 9.01. The van der Waals surface area contributed by atoms with Gasteiger partial charge in [0.05, 0.1) is 0 Å². The number of nitrogens with zero attached hydrogens (tertiary/aromatic N) is 1. The molecule has 1 aromatic heterocycles. The largest absolute Gasteiger partial charge is 0.325 e. The molecule has 98 valence electrons. The summed E-state index contributed by atoms with van der Waals surface area (Å²) in [5.74, 6) is -0.275. The van der Waals surface area contributed by atoms with E-state index in [-0.39, 0.29) is 18.0 Å². The number of hydrogen-bond acceptors (Lipinski definition) is 2. The smallest absolute Gasteiger partial charge is 0.251 e. The second kappa shape index (κ2) is 6.04. The van der Waals surface area contributed by atoms with Crippen LogP contribution in [0.4, 0.5) is 5.69 Å². The SMILES string of the molecule is O=C(Cn1cc(Br)ccc1=O)Nc1ccc(Cl)cc1. The molecule has 1 N–H and O–H groups in total. The molecule has 19 heavy (non-hydrogen) atoms. The number of carbonyl (C=O) groups is 1. The maximum Gasteiger partial charge on any atom is 0.251 e. The number of anilines is 1. The molecule has 0 radical (unpaired) electrons. The Morgan fingerprint density at radius 3 is 2.58 bits per heavy atom. The molecule has 0 aliphatic rings. The van der Waals surface area contributed by atoms with Crippen LogP contribution in [-0.2, 0) is 11.3 Å². The summed E-state index contributed by atoms with van der Waals surface area (Å²) in [6.45, 7) is -0.0408. The quantitative estimate of drug-likeness (QED) is 0.933. The molecule has 0 atom stereocenters. The van der Waals surface area contributed by atoms with E-state index in [1.54, 1.807) is 36.5 Å². The molecular formula is C13H10BrClN2O2. The zero-order valence-electron chi connectivity index (χ0n) is 9.77. The molecular weight excluding hydrogens is 332 g/mol. The van der Waals surface area contributed by atoms with Gasteiger partial charge in [0.1, 0.15) is 6.54 Å². The van der Waals surface area contributed by atoms with Crippen LogP contribution in [0.2, 0.25) is 5.02 Å². The highest BCUT2D eigenvalue weighted by Gasteiger charge is 2.05. The van der Waals surface area contributed by atoms with Gasteiger partial charge in [0.15, 0.2) is 0 Å². The van der Waals surface area contributed by atoms with Crippen LogP contribution in [0, 0.1) is 0 Å². The number of carbonyl (C=O) groups excluding carboxylic acids is 1. The van der Waals surface area contributed by atoms with Crippen molar-refractivity contribution in [1.29, 1.82) is 0 Å². The number of hydrogen-bond donors (Lipinski definition) is 1. The van der Waals surface area contributed by atoms with Crippen molar-refractivity contribution < 1.29 is 4.79 Å². The summed E-state index contributed by atoms with van der Waals surface area (Å²) in [4.78, 5) is 23.4. The lowest BCUT2D eigenvalue weighted by atomic mass is 10.3. The van der Waals surface area contributed by atoms with E-state index in [1.165, 1.54) is 10.6 Å². The minimum Gasteiger partial charge on any atom is -0.325 e. The van der Waals surface area contributed by atoms with Crippen molar-refractivity contribution in [3.05, 3.63) is 62.4 Å². The molecule has 2 rings (SSSR count). The zero-order valence-corrected chi connectivity index (χ0v) is 12.1. The third kappa shape index (κ3) is 3.94. The minimum atomic E-state index is -0.275. The van der Waals surface area contributed by atoms with Crippen molar-refractivity contribution in [2.75, 3.05) is 5.32 Å². The lowest BCUT2D eigenvalue weighted by molar-refractivity contribution is -0.116. The first-order valence-electron chi connectivity index (χ1n) is 5.46. The Morgan fingerprint density at radius 1 is 1.21 bits per heavy atom. The van der Waals surface area contributed by atoms with Gasteiger partial charge in [-0.25, -0.2) is 0 Å². The van der Waals surface area contributed by atoms with Crippen molar-refractivity contribution in [3.8, 4) is 0 Å². The normalized spacial score (nSPS) is 10.2. The lowest BCUT2D eigenvalue weighted by Crippen LogP contribution is -2.26. The third-order valence-electron chi connectivity index (χ3n) is 2.39. The van der Waals surface area contributed by atoms with Gasteiger partial charge in [0.2, 0.25) is 5.91 Å². The zero-order chi connectivity index (χ0) is 13.8. The van der Waals surface area contributed by atoms with Gasteiger partial charge < -0.3 is 9.88 Å². The average Bonchev–Trinajstić information content (AvgIpc) is 2.37. The fraction of sp³-hybridized carbons (Fsp3) is 0.0769. The second-order valence-electron chi connectivity index (χ2n) is 3.87. The van der Waals surface area contributed by atoms with Crippen LogP contribution in [0.15, 0.2) is 51.9 Å². The first-order valence-corrected chi connectivity index (χ1v) is 6.63. The predicted molar refractivity (Wildman–Crippen MR) is 78.5 cm³/mol. The Bertz CT molecular complexity index is 652. The molecule has 4 nitrogen and oxygen atoms in total. The topological polar surface area (TPSA) is 51.1 Å². The third-order valence-corrected chi connectivity index (χ3v) is 3.11. The van der Waals surface area contributed by atoms with Crippen molar-refractivity contribution >= 4 is 39.1 Å². The number of rotatable bonds is 3. The Labute approximate surface area is 123 Å². The Kier molecular flexibility index (Phi) is 4.39. The number of pyridine rings is 1. The van der Waals surface area contributed by atoms with Gasteiger partial charge in [-0.3, -0.25) is 9.59 Å². The monoisotopic (exact) mass is 340 g/mol. The predicted octanol–water partition coefficient (Wildman–Crippen LogP) is 2.90. The van der Waals surface area contributed by atoms with E-state index in [2.05, 4.69) is 21.2 Å². The number of nitrogens with one attached hydrogen (secondary N) is 1. The van der Waals surface area contributed by atoms with Crippen molar-refractivity contribution in [2.45, 2.75) is 6.54 Å². The van der Waals surface area contributed by atoms with Crippen molar-refractivity contribution in [2.24, 2.45) is 0 Å². The molecule has 0 fully saturated rings. The molecule has 0 saturated carbocycles. The standard InChI is InChI=1S/C13H10BrClN2O2/c14-9-1-6-13(19)17(7-9)8-12(18)16-11-4-2-10(15)3-5-11/h1-7H,8H2,(H,16,18). The summed E-state index contributed by atoms with van der Waals surface area (Å²) in [6.07, 6.45) is 1.57. The van der Waals surface area contributed by atoms with Crippen LogP contribution in [0.25, 0.3) is 0 Å². The van der Waals surface area contributed by atoms with Gasteiger partial charge in [-0.05, 0) is 46.3 Å². The van der Waals surface area contributed by atoms with Gasteiger partial charge >= 0.3 is 0 Å². The fourth-order valence-electron chi connectivity index (χ4n) is 1.51. The molecule has 2 aromatic rings. The first-order chi connectivity index (χ1) is 9.04. The molecule has 0 unspecified atom stereocenters. The van der Waals surface area contributed by atoms with E-state index in [0.717, 1.165) is 4.47 Å². The van der Waals surface area contributed by atoms with E-state index in [1.807, 2.05) is 0 Å². The molecule has 0 aliphatic carbocycles. The van der Waals surface area contributed by atoms with Gasteiger partial charge in [-0.1, -0.05) is 11.6 Å². The highest BCUT2D eigenvalue weighted by Crippen LogP contribution is 2.13. The molecule has 0 aliphatic heterocycles. The summed E-state index contributed by atoms with van der Waals surface area (Å²) in [7, 11) is 0. The highest BCUT2D eigenvalue weighted by molar-refractivity contribution is 9.10. The molecule has 6 heteroatoms. The van der Waals surface area contributed by atoms with Crippen LogP contribution in [0.5, 0.6) is 0 Å². The molecule has 1 heterocycles. The van der Waals surface area contributed by atoms with E-state index in [9.17, 15) is 9.59 Å². The van der Waals surface area contributed by atoms with Crippen molar-refractivity contribution in [3.63, 3.8) is 0 Å². The average molecular weight is 342 g/mol. The second-order valence-corrected chi connectivity index (χ2v) is 5.22. The van der Waals surface area contributed by atoms with Crippen LogP contribution < -0.4 is 10.9 Å². The number of halogens is 2. The maximum absolute atomic E-state index is 11.8. The molecule has 0 saturated heterocycles. The summed E-state index contributed by atoms with van der Waals surface area (Å²) < 4.78 is 2.07. The Balaban J connectivity index is 2.07. The van der Waals surface area contributed by atoms with Crippen LogP contribution in [-0.4, -0.2) is 10.5 Å². The molecule has 1 amide bonds. The molecule has 1 aromatic carbocycles. The lowest BCUT2D eigenvalue weighted by Gasteiger charge is -2.07. The molecule has 0 bridgehead atoms. The van der Waals surface area contributed by atoms with E-state index >= 15 is 0 Å². The Morgan fingerprint density at radius 2 is 1.89 bits per heavy atom.